The van der Waals surface area contributed by atoms with E-state index in [2.05, 4.69) is 85.7 Å². The summed E-state index contributed by atoms with van der Waals surface area (Å²) in [7, 11) is 7.44. The van der Waals surface area contributed by atoms with Gasteiger partial charge in [-0.3, -0.25) is 0 Å². The fourth-order valence-corrected chi connectivity index (χ4v) is 11.1. The van der Waals surface area contributed by atoms with Crippen LogP contribution in [0.5, 0.6) is 0 Å². The molecule has 0 amide bonds. The topological polar surface area (TPSA) is 22.3 Å². The van der Waals surface area contributed by atoms with Gasteiger partial charge >= 0.3 is 35.6 Å². The zero-order chi connectivity index (χ0) is 22.5. The molecule has 1 atom stereocenters. The minimum absolute atomic E-state index is 0. The molecule has 0 bridgehead atoms. The first-order valence-corrected chi connectivity index (χ1v) is 16.7. The fraction of sp³-hybridized carbons (Fsp3) is 0.640. The molecule has 0 radical (unpaired) electrons. The van der Waals surface area contributed by atoms with Crippen molar-refractivity contribution in [3.8, 4) is 0 Å². The van der Waals surface area contributed by atoms with Gasteiger partial charge in [0.15, 0.2) is 0 Å². The normalized spacial score (nSPS) is 20.5. The number of benzene rings is 1. The van der Waals surface area contributed by atoms with Crippen molar-refractivity contribution in [3.05, 3.63) is 54.1 Å². The number of hydrogen-bond acceptors (Lipinski definition) is 0. The van der Waals surface area contributed by atoms with Gasteiger partial charge in [0.05, 0.1) is 0 Å². The third-order valence-electron chi connectivity index (χ3n) is 6.26. The van der Waals surface area contributed by atoms with Gasteiger partial charge in [0.2, 0.25) is 0 Å². The fourth-order valence-electron chi connectivity index (χ4n) is 5.40. The van der Waals surface area contributed by atoms with Gasteiger partial charge in [0.25, 0.3) is 0 Å². The molecule has 2 aliphatic rings. The van der Waals surface area contributed by atoms with E-state index in [1.54, 1.807) is 0 Å². The standard InChI is InChI=1S/C19H29NP.C5H10.CH3.2ClH.Ti/c1-14-13-19(8,16-12-10-9-11-15(14)16)21(20,17(2,3)4)18(5,6)7;1-2-4-5-3-1;;;;/h9-13H,1-8H3;1-5H2;1H3;2*1H;/q-1;;-1;;;+2/p-2. The second-order valence-corrected chi connectivity index (χ2v) is 17.8. The van der Waals surface area contributed by atoms with Crippen molar-refractivity contribution in [2.75, 3.05) is 0 Å². The van der Waals surface area contributed by atoms with E-state index in [1.165, 1.54) is 48.8 Å². The van der Waals surface area contributed by atoms with Gasteiger partial charge in [-0.25, -0.2) is 0 Å². The van der Waals surface area contributed by atoms with Crippen molar-refractivity contribution in [2.24, 2.45) is 0 Å². The quantitative estimate of drug-likeness (QED) is 0.205. The third kappa shape index (κ3) is 6.29. The van der Waals surface area contributed by atoms with Crippen LogP contribution in [0.25, 0.3) is 10.7 Å². The molecule has 3 rings (SSSR count). The molecule has 1 fully saturated rings. The molecule has 0 saturated heterocycles. The van der Waals surface area contributed by atoms with Crippen molar-refractivity contribution in [1.29, 1.82) is 0 Å². The zero-order valence-corrected chi connectivity index (χ0v) is 24.5. The molecule has 1 unspecified atom stereocenters. The van der Waals surface area contributed by atoms with E-state index in [1.807, 2.05) is 0 Å². The van der Waals surface area contributed by atoms with E-state index >= 15 is 0 Å². The van der Waals surface area contributed by atoms with Gasteiger partial charge in [0, 0.05) is 5.16 Å². The van der Waals surface area contributed by atoms with Gasteiger partial charge in [0.1, 0.15) is 0 Å². The molecule has 0 aliphatic heterocycles. The number of fused-ring (bicyclic) bond motifs is 1. The Morgan fingerprint density at radius 2 is 1.27 bits per heavy atom. The predicted octanol–water partition coefficient (Wildman–Crippen LogP) is 10.5. The summed E-state index contributed by atoms with van der Waals surface area (Å²) >= 11 is -0.556. The van der Waals surface area contributed by atoms with Crippen molar-refractivity contribution in [1.82, 2.24) is 0 Å². The van der Waals surface area contributed by atoms with Gasteiger partial charge in [-0.15, -0.1) is 0 Å². The number of allylic oxidation sites excluding steroid dienone is 2. The van der Waals surface area contributed by atoms with Crippen LogP contribution in [-0.4, -0.2) is 10.3 Å². The van der Waals surface area contributed by atoms with Crippen LogP contribution < -0.4 is 0 Å². The Morgan fingerprint density at radius 1 is 0.900 bits per heavy atom. The maximum absolute atomic E-state index is 12.1. The Labute approximate surface area is 204 Å². The summed E-state index contributed by atoms with van der Waals surface area (Å²) in [6.07, 6.45) is 9.82. The van der Waals surface area contributed by atoms with Crippen LogP contribution in [0.4, 0.5) is 0 Å². The molecule has 1 nitrogen and oxygen atoms in total. The number of halogens is 2. The summed E-state index contributed by atoms with van der Waals surface area (Å²) in [6.45, 7) is 17.6. The van der Waals surface area contributed by atoms with Crippen LogP contribution in [0, 0.1) is 7.43 Å². The van der Waals surface area contributed by atoms with Crippen molar-refractivity contribution >= 4 is 31.2 Å². The van der Waals surface area contributed by atoms with Gasteiger partial charge < -0.3 is 12.6 Å². The van der Waals surface area contributed by atoms with E-state index in [0.29, 0.717) is 0 Å². The number of nitrogens with zero attached hydrogens (tertiary/aromatic N) is 1. The van der Waals surface area contributed by atoms with Crippen molar-refractivity contribution in [3.63, 3.8) is 0 Å². The summed E-state index contributed by atoms with van der Waals surface area (Å²) in [5.74, 6) is 0. The summed E-state index contributed by atoms with van der Waals surface area (Å²) < 4.78 is 0. The molecule has 0 aromatic heterocycles. The van der Waals surface area contributed by atoms with E-state index < -0.39 is 24.1 Å². The molecule has 1 saturated carbocycles. The Kier molecular flexibility index (Phi) is 12.3. The molecule has 0 N–H and O–H groups in total. The van der Waals surface area contributed by atoms with Crippen LogP contribution in [0.15, 0.2) is 30.3 Å². The number of rotatable bonds is 1. The third-order valence-corrected chi connectivity index (χ3v) is 11.9. The molecule has 0 heterocycles. The van der Waals surface area contributed by atoms with Crippen molar-refractivity contribution in [2.45, 2.75) is 103 Å². The second kappa shape index (κ2) is 12.1. The summed E-state index contributed by atoms with van der Waals surface area (Å²) in [5.41, 5.74) is 3.88. The van der Waals surface area contributed by atoms with Gasteiger partial charge in [-0.05, 0) is 40.9 Å². The maximum atomic E-state index is 12.1. The first kappa shape index (κ1) is 30.5. The molecule has 2 aliphatic carbocycles. The van der Waals surface area contributed by atoms with Gasteiger partial charge in [-0.1, -0.05) is 104 Å². The van der Waals surface area contributed by atoms with E-state index in [-0.39, 0.29) is 22.9 Å². The van der Waals surface area contributed by atoms with Crippen LogP contribution in [0.2, 0.25) is 0 Å². The number of hydrogen-bond donors (Lipinski definition) is 0. The van der Waals surface area contributed by atoms with Crippen molar-refractivity contribution < 1.29 is 17.0 Å². The molecule has 5 heteroatoms. The molecular weight excluding hydrogens is 464 g/mol. The Morgan fingerprint density at radius 3 is 1.63 bits per heavy atom. The molecule has 172 valence electrons. The Bertz CT molecular complexity index is 717. The minimum atomic E-state index is -2.34. The first-order chi connectivity index (χ1) is 13.3. The van der Waals surface area contributed by atoms with E-state index in [0.717, 1.165) is 0 Å². The average Bonchev–Trinajstić information content (AvgIpc) is 3.26. The molecule has 0 spiro atoms. The van der Waals surface area contributed by atoms with Crippen LogP contribution >= 0.6 is 25.7 Å². The van der Waals surface area contributed by atoms with Gasteiger partial charge in [-0.2, -0.15) is 7.05 Å². The second-order valence-electron chi connectivity index (χ2n) is 10.3. The first-order valence-electron chi connectivity index (χ1n) is 10.7. The van der Waals surface area contributed by atoms with E-state index in [9.17, 15) is 5.16 Å². The van der Waals surface area contributed by atoms with E-state index in [4.69, 9.17) is 18.6 Å². The molecule has 1 aromatic carbocycles. The predicted molar refractivity (Wildman–Crippen MR) is 138 cm³/mol. The summed E-state index contributed by atoms with van der Waals surface area (Å²) in [5, 5.41) is 11.5. The Balaban J connectivity index is 0.000000788. The van der Waals surface area contributed by atoms with Crippen LogP contribution in [0.1, 0.15) is 98.6 Å². The molecular formula is C25H42Cl2NPTi-2. The Hall–Kier alpha value is 0.484. The monoisotopic (exact) mass is 505 g/mol. The summed E-state index contributed by atoms with van der Waals surface area (Å²) in [4.78, 5) is 0. The average molecular weight is 506 g/mol. The SMILES string of the molecule is C1CCCC1.CC1=CC(C)(P(=[N-])(C(C)(C)C)C(C)(C)C)c2ccccc21.[CH3-].[Cl][Ti][Cl]. The van der Waals surface area contributed by atoms with Crippen LogP contribution in [0.3, 0.4) is 0 Å². The summed E-state index contributed by atoms with van der Waals surface area (Å²) in [6, 6.07) is 8.57. The molecule has 30 heavy (non-hydrogen) atoms. The zero-order valence-electron chi connectivity index (χ0n) is 20.6. The molecule has 1 aromatic rings. The van der Waals surface area contributed by atoms with Crippen LogP contribution in [-0.2, 0) is 22.2 Å².